The number of hydrogen-bond donors (Lipinski definition) is 1. The van der Waals surface area contributed by atoms with E-state index in [9.17, 15) is 0 Å². The first-order chi connectivity index (χ1) is 5.83. The maximum Gasteiger partial charge on any atom is 0.160 e. The van der Waals surface area contributed by atoms with Crippen LogP contribution in [0.25, 0.3) is 5.65 Å². The normalized spacial score (nSPS) is 10.8. The second kappa shape index (κ2) is 2.57. The summed E-state index contributed by atoms with van der Waals surface area (Å²) in [5.74, 6) is 0. The molecule has 2 heterocycles. The van der Waals surface area contributed by atoms with Gasteiger partial charge in [-0.3, -0.25) is 0 Å². The van der Waals surface area contributed by atoms with Gasteiger partial charge in [0.1, 0.15) is 0 Å². The van der Waals surface area contributed by atoms with Crippen molar-refractivity contribution in [2.24, 2.45) is 0 Å². The molecule has 2 aromatic heterocycles. The molecule has 0 saturated carbocycles. The summed E-state index contributed by atoms with van der Waals surface area (Å²) in [5, 5.41) is 13.0. The molecule has 4 heteroatoms. The fraction of sp³-hybridized carbons (Fsp3) is 0.250. The number of aliphatic hydroxyl groups excluding tert-OH is 1. The summed E-state index contributed by atoms with van der Waals surface area (Å²) < 4.78 is 1.71. The first-order valence-electron chi connectivity index (χ1n) is 3.72. The molecule has 12 heavy (non-hydrogen) atoms. The molecule has 0 radical (unpaired) electrons. The lowest BCUT2D eigenvalue weighted by Gasteiger charge is -1.96. The minimum Gasteiger partial charge on any atom is -0.391 e. The van der Waals surface area contributed by atoms with Gasteiger partial charge in [-0.05, 0) is 13.0 Å². The monoisotopic (exact) mass is 163 g/mol. The molecule has 0 atom stereocenters. The van der Waals surface area contributed by atoms with Gasteiger partial charge in [-0.2, -0.15) is 5.10 Å². The average molecular weight is 163 g/mol. The molecule has 2 aromatic rings. The zero-order valence-corrected chi connectivity index (χ0v) is 6.73. The van der Waals surface area contributed by atoms with E-state index in [2.05, 4.69) is 10.1 Å². The Kier molecular flexibility index (Phi) is 1.55. The SMILES string of the molecule is Cc1ccnc2c(CO)cnn12. The largest absolute Gasteiger partial charge is 0.391 e. The van der Waals surface area contributed by atoms with Crippen molar-refractivity contribution in [1.82, 2.24) is 14.6 Å². The van der Waals surface area contributed by atoms with E-state index in [1.165, 1.54) is 0 Å². The number of nitrogens with zero attached hydrogens (tertiary/aromatic N) is 3. The Morgan fingerprint density at radius 3 is 3.17 bits per heavy atom. The lowest BCUT2D eigenvalue weighted by Crippen LogP contribution is -1.94. The smallest absolute Gasteiger partial charge is 0.160 e. The van der Waals surface area contributed by atoms with Gasteiger partial charge in [0.2, 0.25) is 0 Å². The van der Waals surface area contributed by atoms with Crippen molar-refractivity contribution in [3.63, 3.8) is 0 Å². The Morgan fingerprint density at radius 1 is 1.58 bits per heavy atom. The fourth-order valence-corrected chi connectivity index (χ4v) is 1.17. The summed E-state index contributed by atoms with van der Waals surface area (Å²) in [6, 6.07) is 1.88. The molecule has 4 nitrogen and oxygen atoms in total. The number of fused-ring (bicyclic) bond motifs is 1. The zero-order valence-electron chi connectivity index (χ0n) is 6.73. The van der Waals surface area contributed by atoms with Gasteiger partial charge in [0, 0.05) is 17.5 Å². The molecule has 0 aromatic carbocycles. The van der Waals surface area contributed by atoms with E-state index in [1.54, 1.807) is 16.9 Å². The highest BCUT2D eigenvalue weighted by Crippen LogP contribution is 2.08. The molecule has 0 saturated heterocycles. The number of aliphatic hydroxyl groups is 1. The van der Waals surface area contributed by atoms with Gasteiger partial charge in [-0.25, -0.2) is 9.50 Å². The third-order valence-electron chi connectivity index (χ3n) is 1.83. The van der Waals surface area contributed by atoms with Crippen LogP contribution in [0.2, 0.25) is 0 Å². The summed E-state index contributed by atoms with van der Waals surface area (Å²) in [6.07, 6.45) is 3.35. The summed E-state index contributed by atoms with van der Waals surface area (Å²) >= 11 is 0. The van der Waals surface area contributed by atoms with Gasteiger partial charge in [0.25, 0.3) is 0 Å². The van der Waals surface area contributed by atoms with Gasteiger partial charge < -0.3 is 5.11 Å². The molecule has 0 fully saturated rings. The second-order valence-electron chi connectivity index (χ2n) is 2.65. The van der Waals surface area contributed by atoms with Crippen molar-refractivity contribution in [2.45, 2.75) is 13.5 Å². The van der Waals surface area contributed by atoms with E-state index in [4.69, 9.17) is 5.11 Å². The Labute approximate surface area is 69.5 Å². The van der Waals surface area contributed by atoms with E-state index in [0.717, 1.165) is 16.9 Å². The molecule has 0 bridgehead atoms. The Hall–Kier alpha value is -1.42. The molecular weight excluding hydrogens is 154 g/mol. The second-order valence-corrected chi connectivity index (χ2v) is 2.65. The molecule has 0 amide bonds. The molecule has 0 aliphatic carbocycles. The van der Waals surface area contributed by atoms with E-state index in [-0.39, 0.29) is 6.61 Å². The van der Waals surface area contributed by atoms with Crippen LogP contribution in [-0.2, 0) is 6.61 Å². The lowest BCUT2D eigenvalue weighted by atomic mass is 10.3. The molecule has 0 aliphatic rings. The van der Waals surface area contributed by atoms with Gasteiger partial charge in [0.15, 0.2) is 5.65 Å². The first-order valence-corrected chi connectivity index (χ1v) is 3.72. The highest BCUT2D eigenvalue weighted by Gasteiger charge is 2.03. The van der Waals surface area contributed by atoms with E-state index in [0.29, 0.717) is 0 Å². The molecule has 0 aliphatic heterocycles. The maximum absolute atomic E-state index is 8.92. The number of aromatic nitrogens is 3. The van der Waals surface area contributed by atoms with Crippen LogP contribution in [0, 0.1) is 6.92 Å². The Balaban J connectivity index is 2.80. The van der Waals surface area contributed by atoms with Crippen LogP contribution in [0.15, 0.2) is 18.5 Å². The van der Waals surface area contributed by atoms with Crippen molar-refractivity contribution in [3.8, 4) is 0 Å². The zero-order chi connectivity index (χ0) is 8.55. The summed E-state index contributed by atoms with van der Waals surface area (Å²) in [7, 11) is 0. The van der Waals surface area contributed by atoms with Crippen LogP contribution in [0.3, 0.4) is 0 Å². The van der Waals surface area contributed by atoms with E-state index < -0.39 is 0 Å². The Morgan fingerprint density at radius 2 is 2.42 bits per heavy atom. The fourth-order valence-electron chi connectivity index (χ4n) is 1.17. The van der Waals surface area contributed by atoms with Crippen LogP contribution in [-0.4, -0.2) is 19.7 Å². The highest BCUT2D eigenvalue weighted by molar-refractivity contribution is 5.46. The Bertz CT molecular complexity index is 408. The van der Waals surface area contributed by atoms with Crippen LogP contribution >= 0.6 is 0 Å². The van der Waals surface area contributed by atoms with Crippen LogP contribution in [0.1, 0.15) is 11.3 Å². The predicted octanol–water partition coefficient (Wildman–Crippen LogP) is 0.530. The van der Waals surface area contributed by atoms with E-state index in [1.807, 2.05) is 13.0 Å². The van der Waals surface area contributed by atoms with Crippen LogP contribution < -0.4 is 0 Å². The summed E-state index contributed by atoms with van der Waals surface area (Å²) in [6.45, 7) is 1.93. The molecule has 0 spiro atoms. The van der Waals surface area contributed by atoms with Gasteiger partial charge >= 0.3 is 0 Å². The summed E-state index contributed by atoms with van der Waals surface area (Å²) in [5.41, 5.74) is 2.51. The average Bonchev–Trinajstić information content (AvgIpc) is 2.49. The minimum atomic E-state index is -0.0139. The molecular formula is C8H9N3O. The quantitative estimate of drug-likeness (QED) is 0.667. The van der Waals surface area contributed by atoms with Crippen molar-refractivity contribution < 1.29 is 5.11 Å². The topological polar surface area (TPSA) is 50.4 Å². The third-order valence-corrected chi connectivity index (χ3v) is 1.83. The maximum atomic E-state index is 8.92. The summed E-state index contributed by atoms with van der Waals surface area (Å²) in [4.78, 5) is 4.11. The van der Waals surface area contributed by atoms with Crippen LogP contribution in [0.4, 0.5) is 0 Å². The predicted molar refractivity (Wildman–Crippen MR) is 43.6 cm³/mol. The number of aryl methyl sites for hydroxylation is 1. The van der Waals surface area contributed by atoms with Crippen molar-refractivity contribution in [1.29, 1.82) is 0 Å². The minimum absolute atomic E-state index is 0.0139. The highest BCUT2D eigenvalue weighted by atomic mass is 16.3. The first kappa shape index (κ1) is 7.24. The van der Waals surface area contributed by atoms with Gasteiger partial charge in [-0.1, -0.05) is 0 Å². The van der Waals surface area contributed by atoms with Crippen molar-refractivity contribution in [3.05, 3.63) is 29.7 Å². The lowest BCUT2D eigenvalue weighted by molar-refractivity contribution is 0.283. The van der Waals surface area contributed by atoms with Crippen molar-refractivity contribution in [2.75, 3.05) is 0 Å². The van der Waals surface area contributed by atoms with Gasteiger partial charge in [0.05, 0.1) is 12.8 Å². The van der Waals surface area contributed by atoms with E-state index >= 15 is 0 Å². The van der Waals surface area contributed by atoms with Crippen LogP contribution in [0.5, 0.6) is 0 Å². The number of rotatable bonds is 1. The molecule has 2 rings (SSSR count). The molecule has 62 valence electrons. The molecule has 0 unspecified atom stereocenters. The standard InChI is InChI=1S/C8H9N3O/c1-6-2-3-9-8-7(5-12)4-10-11(6)8/h2-4,12H,5H2,1H3. The molecule has 1 N–H and O–H groups in total. The third kappa shape index (κ3) is 0.887. The number of hydrogen-bond acceptors (Lipinski definition) is 3. The van der Waals surface area contributed by atoms with Gasteiger partial charge in [-0.15, -0.1) is 0 Å². The van der Waals surface area contributed by atoms with Crippen molar-refractivity contribution >= 4 is 5.65 Å².